The largest absolute Gasteiger partial charge is 0.352 e. The number of carbonyl (C=O) groups is 2. The number of aryl methyl sites for hydroxylation is 2. The van der Waals surface area contributed by atoms with Gasteiger partial charge in [0, 0.05) is 17.5 Å². The fourth-order valence-corrected chi connectivity index (χ4v) is 5.00. The van der Waals surface area contributed by atoms with Gasteiger partial charge in [0.05, 0.1) is 5.75 Å². The molecule has 2 aromatic carbocycles. The van der Waals surface area contributed by atoms with Crippen LogP contribution in [0.25, 0.3) is 0 Å². The molecule has 172 valence electrons. The zero-order valence-corrected chi connectivity index (χ0v) is 20.4. The summed E-state index contributed by atoms with van der Waals surface area (Å²) in [5, 5.41) is 3.24. The summed E-state index contributed by atoms with van der Waals surface area (Å²) in [5.41, 5.74) is 3.43. The third-order valence-corrected chi connectivity index (χ3v) is 7.19. The number of thioether (sulfide) groups is 1. The van der Waals surface area contributed by atoms with Gasteiger partial charge in [-0.3, -0.25) is 9.59 Å². The Hall–Kier alpha value is -2.27. The predicted molar refractivity (Wildman–Crippen MR) is 133 cm³/mol. The first-order valence-electron chi connectivity index (χ1n) is 11.8. The van der Waals surface area contributed by atoms with Gasteiger partial charge in [-0.2, -0.15) is 0 Å². The standard InChI is InChI=1S/C27H36N2O2S/c1-4-25(27(31)28-23-8-6-5-7-9-23)29(18-22-14-10-20(2)11-15-22)26(30)19-32-24-16-12-21(3)13-17-24/h10-17,23,25H,4-9,18-19H2,1-3H3,(H,28,31)/t25-/m0/s1. The molecule has 32 heavy (non-hydrogen) atoms. The Balaban J connectivity index is 1.73. The van der Waals surface area contributed by atoms with E-state index in [4.69, 9.17) is 0 Å². The molecule has 1 aliphatic carbocycles. The predicted octanol–water partition coefficient (Wildman–Crippen LogP) is 5.65. The van der Waals surface area contributed by atoms with Gasteiger partial charge >= 0.3 is 0 Å². The molecule has 1 saturated carbocycles. The van der Waals surface area contributed by atoms with E-state index < -0.39 is 6.04 Å². The number of hydrogen-bond acceptors (Lipinski definition) is 3. The molecule has 4 nitrogen and oxygen atoms in total. The van der Waals surface area contributed by atoms with Crippen LogP contribution in [0.15, 0.2) is 53.4 Å². The molecular weight excluding hydrogens is 416 g/mol. The van der Waals surface area contributed by atoms with E-state index >= 15 is 0 Å². The van der Waals surface area contributed by atoms with Gasteiger partial charge in [-0.05, 0) is 50.8 Å². The molecule has 1 fully saturated rings. The first-order chi connectivity index (χ1) is 15.5. The molecule has 0 saturated heterocycles. The van der Waals surface area contributed by atoms with E-state index in [1.165, 1.54) is 42.2 Å². The normalized spacial score (nSPS) is 15.2. The fraction of sp³-hybridized carbons (Fsp3) is 0.481. The summed E-state index contributed by atoms with van der Waals surface area (Å²) >= 11 is 1.53. The van der Waals surface area contributed by atoms with Gasteiger partial charge in [0.25, 0.3) is 0 Å². The number of rotatable bonds is 9. The quantitative estimate of drug-likeness (QED) is 0.500. The van der Waals surface area contributed by atoms with Crippen molar-refractivity contribution < 1.29 is 9.59 Å². The number of hydrogen-bond donors (Lipinski definition) is 1. The Morgan fingerprint density at radius 3 is 2.16 bits per heavy atom. The number of nitrogens with one attached hydrogen (secondary N) is 1. The lowest BCUT2D eigenvalue weighted by atomic mass is 9.95. The van der Waals surface area contributed by atoms with Crippen molar-refractivity contribution in [3.05, 3.63) is 65.2 Å². The lowest BCUT2D eigenvalue weighted by Gasteiger charge is -2.32. The van der Waals surface area contributed by atoms with E-state index in [1.54, 1.807) is 4.90 Å². The van der Waals surface area contributed by atoms with Crippen LogP contribution in [0, 0.1) is 13.8 Å². The molecule has 0 heterocycles. The second-order valence-corrected chi connectivity index (χ2v) is 9.93. The van der Waals surface area contributed by atoms with E-state index in [-0.39, 0.29) is 17.9 Å². The van der Waals surface area contributed by atoms with Crippen LogP contribution in [-0.2, 0) is 16.1 Å². The van der Waals surface area contributed by atoms with Gasteiger partial charge in [-0.25, -0.2) is 0 Å². The maximum Gasteiger partial charge on any atom is 0.243 e. The summed E-state index contributed by atoms with van der Waals surface area (Å²) in [7, 11) is 0. The van der Waals surface area contributed by atoms with E-state index in [9.17, 15) is 9.59 Å². The Morgan fingerprint density at radius 2 is 1.56 bits per heavy atom. The van der Waals surface area contributed by atoms with E-state index in [1.807, 2.05) is 19.1 Å². The zero-order valence-electron chi connectivity index (χ0n) is 19.6. The molecule has 1 aliphatic rings. The van der Waals surface area contributed by atoms with Gasteiger partial charge in [-0.15, -0.1) is 11.8 Å². The molecule has 0 bridgehead atoms. The summed E-state index contributed by atoms with van der Waals surface area (Å²) in [6, 6.07) is 16.2. The molecule has 0 aliphatic heterocycles. The fourth-order valence-electron chi connectivity index (χ4n) is 4.22. The number of amides is 2. The Labute approximate surface area is 197 Å². The summed E-state index contributed by atoms with van der Waals surface area (Å²) < 4.78 is 0. The van der Waals surface area contributed by atoms with Crippen molar-refractivity contribution in [1.82, 2.24) is 10.2 Å². The maximum absolute atomic E-state index is 13.4. The van der Waals surface area contributed by atoms with Crippen LogP contribution in [0.3, 0.4) is 0 Å². The summed E-state index contributed by atoms with van der Waals surface area (Å²) in [4.78, 5) is 29.5. The van der Waals surface area contributed by atoms with Crippen LogP contribution in [0.4, 0.5) is 0 Å². The van der Waals surface area contributed by atoms with Crippen LogP contribution in [0.5, 0.6) is 0 Å². The van der Waals surface area contributed by atoms with Crippen LogP contribution in [0.1, 0.15) is 62.1 Å². The highest BCUT2D eigenvalue weighted by molar-refractivity contribution is 8.00. The molecule has 2 amide bonds. The molecule has 0 radical (unpaired) electrons. The van der Waals surface area contributed by atoms with Gasteiger partial charge in [-0.1, -0.05) is 73.7 Å². The van der Waals surface area contributed by atoms with Crippen LogP contribution < -0.4 is 5.32 Å². The van der Waals surface area contributed by atoms with Crippen molar-refractivity contribution in [3.8, 4) is 0 Å². The Kier molecular flexibility index (Phi) is 9.22. The lowest BCUT2D eigenvalue weighted by molar-refractivity contribution is -0.139. The maximum atomic E-state index is 13.4. The molecule has 0 spiro atoms. The molecule has 1 N–H and O–H groups in total. The number of carbonyl (C=O) groups excluding carboxylic acids is 2. The molecule has 2 aromatic rings. The van der Waals surface area contributed by atoms with Crippen molar-refractivity contribution in [2.75, 3.05) is 5.75 Å². The smallest absolute Gasteiger partial charge is 0.243 e. The molecule has 1 atom stereocenters. The zero-order chi connectivity index (χ0) is 22.9. The van der Waals surface area contributed by atoms with E-state index in [0.717, 1.165) is 23.3 Å². The number of benzene rings is 2. The molecule has 3 rings (SSSR count). The third-order valence-electron chi connectivity index (χ3n) is 6.19. The monoisotopic (exact) mass is 452 g/mol. The van der Waals surface area contributed by atoms with Gasteiger partial charge in [0.1, 0.15) is 6.04 Å². The third kappa shape index (κ3) is 7.13. The topological polar surface area (TPSA) is 49.4 Å². The first kappa shape index (κ1) is 24.4. The molecule has 0 unspecified atom stereocenters. The van der Waals surface area contributed by atoms with E-state index in [0.29, 0.717) is 18.7 Å². The van der Waals surface area contributed by atoms with Crippen molar-refractivity contribution in [2.24, 2.45) is 0 Å². The average molecular weight is 453 g/mol. The van der Waals surface area contributed by atoms with Gasteiger partial charge < -0.3 is 10.2 Å². The van der Waals surface area contributed by atoms with Crippen molar-refractivity contribution in [2.45, 2.75) is 82.8 Å². The van der Waals surface area contributed by atoms with Crippen LogP contribution >= 0.6 is 11.8 Å². The van der Waals surface area contributed by atoms with Crippen molar-refractivity contribution in [1.29, 1.82) is 0 Å². The highest BCUT2D eigenvalue weighted by Crippen LogP contribution is 2.22. The lowest BCUT2D eigenvalue weighted by Crippen LogP contribution is -2.52. The van der Waals surface area contributed by atoms with Crippen LogP contribution in [-0.4, -0.2) is 34.6 Å². The molecular formula is C27H36N2O2S. The summed E-state index contributed by atoms with van der Waals surface area (Å²) in [6.07, 6.45) is 6.26. The van der Waals surface area contributed by atoms with Crippen molar-refractivity contribution >= 4 is 23.6 Å². The SMILES string of the molecule is CC[C@@H](C(=O)NC1CCCCC1)N(Cc1ccc(C)cc1)C(=O)CSc1ccc(C)cc1. The highest BCUT2D eigenvalue weighted by Gasteiger charge is 2.30. The minimum absolute atomic E-state index is 0.00166. The second-order valence-electron chi connectivity index (χ2n) is 8.88. The van der Waals surface area contributed by atoms with Crippen molar-refractivity contribution in [3.63, 3.8) is 0 Å². The van der Waals surface area contributed by atoms with Gasteiger partial charge in [0.15, 0.2) is 0 Å². The molecule has 5 heteroatoms. The average Bonchev–Trinajstić information content (AvgIpc) is 2.80. The highest BCUT2D eigenvalue weighted by atomic mass is 32.2. The minimum Gasteiger partial charge on any atom is -0.352 e. The minimum atomic E-state index is -0.454. The van der Waals surface area contributed by atoms with Crippen LogP contribution in [0.2, 0.25) is 0 Å². The number of nitrogens with zero attached hydrogens (tertiary/aromatic N) is 1. The Bertz CT molecular complexity index is 874. The summed E-state index contributed by atoms with van der Waals surface area (Å²) in [5.74, 6) is 0.310. The van der Waals surface area contributed by atoms with E-state index in [2.05, 4.69) is 55.6 Å². The first-order valence-corrected chi connectivity index (χ1v) is 12.8. The Morgan fingerprint density at radius 1 is 0.969 bits per heavy atom. The summed E-state index contributed by atoms with van der Waals surface area (Å²) in [6.45, 7) is 6.55. The second kappa shape index (κ2) is 12.1. The molecule has 0 aromatic heterocycles. The van der Waals surface area contributed by atoms with Gasteiger partial charge in [0.2, 0.25) is 11.8 Å².